The Hall–Kier alpha value is -0.870. The molecule has 0 heterocycles. The first kappa shape index (κ1) is 14.5. The number of rotatable bonds is 7. The molecule has 1 saturated carbocycles. The zero-order valence-electron chi connectivity index (χ0n) is 11.0. The summed E-state index contributed by atoms with van der Waals surface area (Å²) in [6.07, 6.45) is 4.52. The van der Waals surface area contributed by atoms with Gasteiger partial charge in [-0.15, -0.1) is 0 Å². The third kappa shape index (κ3) is 4.32. The highest BCUT2D eigenvalue weighted by Gasteiger charge is 2.31. The van der Waals surface area contributed by atoms with Gasteiger partial charge < -0.3 is 10.0 Å². The summed E-state index contributed by atoms with van der Waals surface area (Å²) in [6.45, 7) is 0.547. The highest BCUT2D eigenvalue weighted by molar-refractivity contribution is 9.10. The Morgan fingerprint density at radius 3 is 2.74 bits per heavy atom. The number of aliphatic hydroxyl groups is 1. The van der Waals surface area contributed by atoms with Crippen molar-refractivity contribution in [1.29, 1.82) is 0 Å². The van der Waals surface area contributed by atoms with E-state index >= 15 is 0 Å². The van der Waals surface area contributed by atoms with E-state index in [0.29, 0.717) is 19.0 Å². The molecule has 1 aliphatic rings. The Morgan fingerprint density at radius 1 is 1.37 bits per heavy atom. The van der Waals surface area contributed by atoms with Gasteiger partial charge in [-0.1, -0.05) is 34.1 Å². The normalized spacial score (nSPS) is 14.4. The van der Waals surface area contributed by atoms with Crippen LogP contribution in [0.5, 0.6) is 0 Å². The number of halogens is 1. The van der Waals surface area contributed by atoms with E-state index in [1.165, 1.54) is 5.56 Å². The third-order valence-corrected chi connectivity index (χ3v) is 4.22. The lowest BCUT2D eigenvalue weighted by Gasteiger charge is -2.21. The number of nitrogens with zero attached hydrogens (tertiary/aromatic N) is 1. The fourth-order valence-corrected chi connectivity index (χ4v) is 2.76. The number of carbonyl (C=O) groups is 1. The van der Waals surface area contributed by atoms with Crippen LogP contribution >= 0.6 is 15.9 Å². The SMILES string of the molecule is O=C(CCCc1ccccc1Br)N(CCO)C1CC1. The van der Waals surface area contributed by atoms with Gasteiger partial charge in [0.2, 0.25) is 5.91 Å². The van der Waals surface area contributed by atoms with Crippen LogP contribution in [0.4, 0.5) is 0 Å². The second kappa shape index (κ2) is 7.06. The summed E-state index contributed by atoms with van der Waals surface area (Å²) in [5, 5.41) is 9.00. The van der Waals surface area contributed by atoms with Gasteiger partial charge in [0.25, 0.3) is 0 Å². The van der Waals surface area contributed by atoms with Crippen LogP contribution in [0.3, 0.4) is 0 Å². The zero-order chi connectivity index (χ0) is 13.7. The third-order valence-electron chi connectivity index (χ3n) is 3.44. The van der Waals surface area contributed by atoms with E-state index in [1.54, 1.807) is 0 Å². The number of hydrogen-bond donors (Lipinski definition) is 1. The van der Waals surface area contributed by atoms with Crippen molar-refractivity contribution in [3.8, 4) is 0 Å². The quantitative estimate of drug-likeness (QED) is 0.837. The molecule has 0 radical (unpaired) electrons. The summed E-state index contributed by atoms with van der Waals surface area (Å²) in [4.78, 5) is 13.9. The van der Waals surface area contributed by atoms with Gasteiger partial charge in [-0.3, -0.25) is 4.79 Å². The molecule has 3 nitrogen and oxygen atoms in total. The lowest BCUT2D eigenvalue weighted by atomic mass is 10.1. The fraction of sp³-hybridized carbons (Fsp3) is 0.533. The van der Waals surface area contributed by atoms with E-state index in [2.05, 4.69) is 22.0 Å². The van der Waals surface area contributed by atoms with Crippen molar-refractivity contribution >= 4 is 21.8 Å². The predicted octanol–water partition coefficient (Wildman–Crippen LogP) is 2.76. The van der Waals surface area contributed by atoms with Gasteiger partial charge in [-0.05, 0) is 37.3 Å². The summed E-state index contributed by atoms with van der Waals surface area (Å²) < 4.78 is 1.11. The maximum absolute atomic E-state index is 12.1. The Morgan fingerprint density at radius 2 is 2.11 bits per heavy atom. The molecule has 1 amide bonds. The lowest BCUT2D eigenvalue weighted by Crippen LogP contribution is -2.35. The Balaban J connectivity index is 1.78. The maximum Gasteiger partial charge on any atom is 0.222 e. The van der Waals surface area contributed by atoms with E-state index in [-0.39, 0.29) is 12.5 Å². The van der Waals surface area contributed by atoms with E-state index < -0.39 is 0 Å². The van der Waals surface area contributed by atoms with Crippen LogP contribution in [0, 0.1) is 0 Å². The first-order valence-corrected chi connectivity index (χ1v) is 7.65. The van der Waals surface area contributed by atoms with Crippen molar-refractivity contribution in [3.63, 3.8) is 0 Å². The molecular weight excluding hydrogens is 306 g/mol. The van der Waals surface area contributed by atoms with Crippen LogP contribution < -0.4 is 0 Å². The molecule has 0 unspecified atom stereocenters. The second-order valence-electron chi connectivity index (χ2n) is 4.99. The summed E-state index contributed by atoms with van der Waals surface area (Å²) in [6, 6.07) is 8.52. The summed E-state index contributed by atoms with van der Waals surface area (Å²) in [5.41, 5.74) is 1.25. The molecule has 1 aliphatic carbocycles. The Bertz CT molecular complexity index is 432. The van der Waals surface area contributed by atoms with Crippen LogP contribution in [-0.4, -0.2) is 35.1 Å². The molecule has 0 aliphatic heterocycles. The molecule has 0 bridgehead atoms. The molecule has 1 fully saturated rings. The summed E-state index contributed by atoms with van der Waals surface area (Å²) >= 11 is 3.52. The highest BCUT2D eigenvalue weighted by Crippen LogP contribution is 2.27. The van der Waals surface area contributed by atoms with Crippen LogP contribution in [0.25, 0.3) is 0 Å². The number of aryl methyl sites for hydroxylation is 1. The van der Waals surface area contributed by atoms with Gasteiger partial charge in [0.05, 0.1) is 6.61 Å². The average molecular weight is 326 g/mol. The van der Waals surface area contributed by atoms with E-state index in [9.17, 15) is 4.79 Å². The molecule has 1 N–H and O–H groups in total. The van der Waals surface area contributed by atoms with Gasteiger partial charge in [0.15, 0.2) is 0 Å². The minimum atomic E-state index is 0.0620. The van der Waals surface area contributed by atoms with Crippen molar-refractivity contribution in [2.24, 2.45) is 0 Å². The van der Waals surface area contributed by atoms with Crippen molar-refractivity contribution in [1.82, 2.24) is 4.90 Å². The molecule has 2 rings (SSSR count). The lowest BCUT2D eigenvalue weighted by molar-refractivity contribution is -0.132. The first-order chi connectivity index (χ1) is 9.22. The van der Waals surface area contributed by atoms with Crippen molar-refractivity contribution in [2.45, 2.75) is 38.1 Å². The van der Waals surface area contributed by atoms with E-state index in [0.717, 1.165) is 30.2 Å². The van der Waals surface area contributed by atoms with Crippen molar-refractivity contribution in [3.05, 3.63) is 34.3 Å². The van der Waals surface area contributed by atoms with Crippen LogP contribution in [0.1, 0.15) is 31.2 Å². The Labute approximate surface area is 122 Å². The largest absolute Gasteiger partial charge is 0.395 e. The van der Waals surface area contributed by atoms with Gasteiger partial charge in [-0.2, -0.15) is 0 Å². The molecule has 1 aromatic rings. The van der Waals surface area contributed by atoms with Gasteiger partial charge in [0.1, 0.15) is 0 Å². The molecular formula is C15H20BrNO2. The topological polar surface area (TPSA) is 40.5 Å². The number of aliphatic hydroxyl groups excluding tert-OH is 1. The molecule has 0 saturated heterocycles. The van der Waals surface area contributed by atoms with Crippen LogP contribution in [-0.2, 0) is 11.2 Å². The molecule has 19 heavy (non-hydrogen) atoms. The van der Waals surface area contributed by atoms with Crippen LogP contribution in [0.2, 0.25) is 0 Å². The Kier molecular flexibility index (Phi) is 5.40. The highest BCUT2D eigenvalue weighted by atomic mass is 79.9. The second-order valence-corrected chi connectivity index (χ2v) is 5.84. The standard InChI is InChI=1S/C15H20BrNO2/c16-14-6-2-1-4-12(14)5-3-7-15(19)17(10-11-18)13-8-9-13/h1-2,4,6,13,18H,3,5,7-11H2. The average Bonchev–Trinajstić information content (AvgIpc) is 3.22. The van der Waals surface area contributed by atoms with Gasteiger partial charge in [-0.25, -0.2) is 0 Å². The smallest absolute Gasteiger partial charge is 0.222 e. The van der Waals surface area contributed by atoms with E-state index in [4.69, 9.17) is 5.11 Å². The molecule has 0 aromatic heterocycles. The fourth-order valence-electron chi connectivity index (χ4n) is 2.28. The zero-order valence-corrected chi connectivity index (χ0v) is 12.6. The molecule has 4 heteroatoms. The predicted molar refractivity (Wildman–Crippen MR) is 78.9 cm³/mol. The van der Waals surface area contributed by atoms with E-state index in [1.807, 2.05) is 23.1 Å². The van der Waals surface area contributed by atoms with Crippen molar-refractivity contribution < 1.29 is 9.90 Å². The van der Waals surface area contributed by atoms with Gasteiger partial charge in [0, 0.05) is 23.5 Å². The number of hydrogen-bond acceptors (Lipinski definition) is 2. The molecule has 104 valence electrons. The number of carbonyl (C=O) groups excluding carboxylic acids is 1. The number of benzene rings is 1. The van der Waals surface area contributed by atoms with Crippen LogP contribution in [0.15, 0.2) is 28.7 Å². The van der Waals surface area contributed by atoms with Gasteiger partial charge >= 0.3 is 0 Å². The van der Waals surface area contributed by atoms with Crippen molar-refractivity contribution in [2.75, 3.05) is 13.2 Å². The minimum absolute atomic E-state index is 0.0620. The maximum atomic E-state index is 12.1. The number of amides is 1. The molecule has 0 atom stereocenters. The molecule has 1 aromatic carbocycles. The molecule has 0 spiro atoms. The summed E-state index contributed by atoms with van der Waals surface area (Å²) in [5.74, 6) is 0.184. The monoisotopic (exact) mass is 325 g/mol. The minimum Gasteiger partial charge on any atom is -0.395 e. The summed E-state index contributed by atoms with van der Waals surface area (Å²) in [7, 11) is 0. The first-order valence-electron chi connectivity index (χ1n) is 6.86.